The Kier molecular flexibility index (Phi) is 5.01. The first-order valence-corrected chi connectivity index (χ1v) is 12.0. The summed E-state index contributed by atoms with van der Waals surface area (Å²) in [5, 5.41) is 3.08. The molecule has 0 atom stereocenters. The number of fused-ring (bicyclic) bond motifs is 4. The van der Waals surface area contributed by atoms with Crippen LogP contribution in [0, 0.1) is 0 Å². The predicted molar refractivity (Wildman–Crippen MR) is 138 cm³/mol. The highest BCUT2D eigenvalue weighted by atomic mass is 32.1. The molecule has 0 spiro atoms. The minimum Gasteiger partial charge on any atom is -0.440 e. The quantitative estimate of drug-likeness (QED) is 0.296. The Morgan fingerprint density at radius 3 is 2.64 bits per heavy atom. The standard InChI is InChI=1S/C28H23NO3S/c1-2-6-18-11-12-21-23(30)17-25(29-13-15-31-16-14-29)32-27(21)26(18)22-9-5-8-20-19-7-3-4-10-24(19)33-28(20)22/h2-5,7-12,17H,1,6,13-16H2. The third kappa shape index (κ3) is 3.36. The van der Waals surface area contributed by atoms with Crippen LogP contribution in [0.4, 0.5) is 5.88 Å². The predicted octanol–water partition coefficient (Wildman–Crippen LogP) is 6.39. The zero-order chi connectivity index (χ0) is 22.4. The molecule has 0 bridgehead atoms. The maximum atomic E-state index is 13.2. The Morgan fingerprint density at radius 2 is 1.79 bits per heavy atom. The summed E-state index contributed by atoms with van der Waals surface area (Å²) in [5.74, 6) is 0.608. The number of nitrogens with zero attached hydrogens (tertiary/aromatic N) is 1. The minimum atomic E-state index is -0.0207. The molecule has 2 aromatic heterocycles. The Balaban J connectivity index is 1.69. The molecule has 0 saturated carbocycles. The van der Waals surface area contributed by atoms with E-state index in [0.29, 0.717) is 49.6 Å². The van der Waals surface area contributed by atoms with Crippen LogP contribution in [0.15, 0.2) is 82.5 Å². The lowest BCUT2D eigenvalue weighted by Crippen LogP contribution is -2.36. The van der Waals surface area contributed by atoms with Crippen molar-refractivity contribution in [2.45, 2.75) is 6.42 Å². The molecule has 1 aliphatic heterocycles. The fourth-order valence-electron chi connectivity index (χ4n) is 4.75. The summed E-state index contributed by atoms with van der Waals surface area (Å²) in [4.78, 5) is 15.3. The molecule has 1 saturated heterocycles. The van der Waals surface area contributed by atoms with Gasteiger partial charge in [-0.25, -0.2) is 0 Å². The summed E-state index contributed by atoms with van der Waals surface area (Å²) < 4.78 is 14.5. The van der Waals surface area contributed by atoms with Crippen molar-refractivity contribution in [2.75, 3.05) is 31.2 Å². The number of hydrogen-bond donors (Lipinski definition) is 0. The van der Waals surface area contributed by atoms with Crippen molar-refractivity contribution in [1.29, 1.82) is 0 Å². The third-order valence-electron chi connectivity index (χ3n) is 6.33. The first-order chi connectivity index (χ1) is 16.2. The fraction of sp³-hybridized carbons (Fsp3) is 0.179. The highest BCUT2D eigenvalue weighted by Gasteiger charge is 2.21. The molecule has 0 N–H and O–H groups in total. The van der Waals surface area contributed by atoms with Gasteiger partial charge < -0.3 is 14.1 Å². The molecule has 5 heteroatoms. The van der Waals surface area contributed by atoms with E-state index < -0.39 is 0 Å². The van der Waals surface area contributed by atoms with E-state index >= 15 is 0 Å². The van der Waals surface area contributed by atoms with Crippen LogP contribution in [0.5, 0.6) is 0 Å². The SMILES string of the molecule is C=CCc1ccc2c(=O)cc(N3CCOCC3)oc2c1-c1cccc2c1sc1ccccc12. The largest absolute Gasteiger partial charge is 0.440 e. The van der Waals surface area contributed by atoms with Gasteiger partial charge in [-0.15, -0.1) is 17.9 Å². The first kappa shape index (κ1) is 20.2. The number of allylic oxidation sites excluding steroid dienone is 1. The van der Waals surface area contributed by atoms with Crippen molar-refractivity contribution in [3.8, 4) is 11.1 Å². The average molecular weight is 454 g/mol. The molecule has 5 aromatic rings. The zero-order valence-electron chi connectivity index (χ0n) is 18.2. The average Bonchev–Trinajstić information content (AvgIpc) is 3.24. The van der Waals surface area contributed by atoms with Crippen molar-refractivity contribution in [3.05, 3.63) is 89.1 Å². The number of anilines is 1. The summed E-state index contributed by atoms with van der Waals surface area (Å²) in [5.41, 5.74) is 3.81. The molecule has 3 aromatic carbocycles. The van der Waals surface area contributed by atoms with Gasteiger partial charge >= 0.3 is 0 Å². The number of morpholine rings is 1. The lowest BCUT2D eigenvalue weighted by molar-refractivity contribution is 0.121. The molecule has 3 heterocycles. The monoisotopic (exact) mass is 453 g/mol. The van der Waals surface area contributed by atoms with Crippen molar-refractivity contribution >= 4 is 48.4 Å². The molecule has 0 amide bonds. The summed E-state index contributed by atoms with van der Waals surface area (Å²) in [6.07, 6.45) is 2.59. The summed E-state index contributed by atoms with van der Waals surface area (Å²) in [7, 11) is 0. The normalized spacial score (nSPS) is 14.4. The molecule has 0 radical (unpaired) electrons. The van der Waals surface area contributed by atoms with E-state index in [-0.39, 0.29) is 5.43 Å². The maximum absolute atomic E-state index is 13.2. The van der Waals surface area contributed by atoms with Crippen LogP contribution in [-0.4, -0.2) is 26.3 Å². The second-order valence-corrected chi connectivity index (χ2v) is 9.35. The van der Waals surface area contributed by atoms with Gasteiger partial charge in [-0.1, -0.05) is 48.5 Å². The van der Waals surface area contributed by atoms with Gasteiger partial charge in [-0.05, 0) is 24.1 Å². The van der Waals surface area contributed by atoms with E-state index in [1.54, 1.807) is 17.4 Å². The van der Waals surface area contributed by atoms with Gasteiger partial charge in [0, 0.05) is 50.5 Å². The summed E-state index contributed by atoms with van der Waals surface area (Å²) in [6.45, 7) is 6.65. The Labute approximate surface area is 195 Å². The molecule has 33 heavy (non-hydrogen) atoms. The van der Waals surface area contributed by atoms with Gasteiger partial charge in [-0.2, -0.15) is 0 Å². The number of thiophene rings is 1. The summed E-state index contributed by atoms with van der Waals surface area (Å²) in [6, 6.07) is 20.4. The van der Waals surface area contributed by atoms with E-state index in [2.05, 4.69) is 53.9 Å². The van der Waals surface area contributed by atoms with Gasteiger partial charge in [0.2, 0.25) is 0 Å². The molecule has 1 fully saturated rings. The Bertz CT molecular complexity index is 1570. The second kappa shape index (κ2) is 8.18. The van der Waals surface area contributed by atoms with Gasteiger partial charge in [0.15, 0.2) is 11.3 Å². The Hall–Kier alpha value is -3.41. The fourth-order valence-corrected chi connectivity index (χ4v) is 5.97. The number of hydrogen-bond acceptors (Lipinski definition) is 5. The van der Waals surface area contributed by atoms with E-state index in [9.17, 15) is 4.79 Å². The van der Waals surface area contributed by atoms with E-state index in [1.807, 2.05) is 18.2 Å². The highest BCUT2D eigenvalue weighted by Crippen LogP contribution is 2.43. The van der Waals surface area contributed by atoms with Crippen LogP contribution in [0.25, 0.3) is 42.3 Å². The number of ether oxygens (including phenoxy) is 1. The second-order valence-electron chi connectivity index (χ2n) is 8.30. The van der Waals surface area contributed by atoms with Crippen molar-refractivity contribution in [2.24, 2.45) is 0 Å². The van der Waals surface area contributed by atoms with Crippen LogP contribution < -0.4 is 10.3 Å². The summed E-state index contributed by atoms with van der Waals surface area (Å²) >= 11 is 1.78. The van der Waals surface area contributed by atoms with E-state index in [0.717, 1.165) is 16.7 Å². The van der Waals surface area contributed by atoms with Crippen LogP contribution in [0.2, 0.25) is 0 Å². The van der Waals surface area contributed by atoms with Gasteiger partial charge in [0.25, 0.3) is 0 Å². The van der Waals surface area contributed by atoms with E-state index in [4.69, 9.17) is 9.15 Å². The van der Waals surface area contributed by atoms with Crippen LogP contribution in [-0.2, 0) is 11.2 Å². The van der Waals surface area contributed by atoms with Crippen molar-refractivity contribution < 1.29 is 9.15 Å². The maximum Gasteiger partial charge on any atom is 0.200 e. The third-order valence-corrected chi connectivity index (χ3v) is 7.55. The van der Waals surface area contributed by atoms with Crippen LogP contribution >= 0.6 is 11.3 Å². The highest BCUT2D eigenvalue weighted by molar-refractivity contribution is 7.26. The lowest BCUT2D eigenvalue weighted by Gasteiger charge is -2.27. The van der Waals surface area contributed by atoms with Gasteiger partial charge in [0.05, 0.1) is 18.6 Å². The Morgan fingerprint density at radius 1 is 0.970 bits per heavy atom. The molecule has 0 aliphatic carbocycles. The molecular formula is C28H23NO3S. The van der Waals surface area contributed by atoms with Gasteiger partial charge in [-0.3, -0.25) is 4.79 Å². The van der Waals surface area contributed by atoms with Crippen LogP contribution in [0.1, 0.15) is 5.56 Å². The van der Waals surface area contributed by atoms with Crippen molar-refractivity contribution in [3.63, 3.8) is 0 Å². The molecule has 1 aliphatic rings. The molecule has 0 unspecified atom stereocenters. The topological polar surface area (TPSA) is 42.7 Å². The smallest absolute Gasteiger partial charge is 0.200 e. The molecule has 4 nitrogen and oxygen atoms in total. The van der Waals surface area contributed by atoms with Crippen LogP contribution in [0.3, 0.4) is 0 Å². The first-order valence-electron chi connectivity index (χ1n) is 11.2. The van der Waals surface area contributed by atoms with Gasteiger partial charge in [0.1, 0.15) is 5.58 Å². The minimum absolute atomic E-state index is 0.0207. The van der Waals surface area contributed by atoms with Crippen molar-refractivity contribution in [1.82, 2.24) is 0 Å². The molecule has 164 valence electrons. The lowest BCUT2D eigenvalue weighted by atomic mass is 9.94. The zero-order valence-corrected chi connectivity index (χ0v) is 19.0. The number of rotatable bonds is 4. The number of benzene rings is 3. The molecule has 6 rings (SSSR count). The van der Waals surface area contributed by atoms with E-state index in [1.165, 1.54) is 20.2 Å². The molecular weight excluding hydrogens is 430 g/mol.